The van der Waals surface area contributed by atoms with Gasteiger partial charge in [0, 0.05) is 29.0 Å². The Hall–Kier alpha value is -2.11. The molecular weight excluding hydrogens is 369 g/mol. The summed E-state index contributed by atoms with van der Waals surface area (Å²) in [5.41, 5.74) is 2.51. The molecule has 4 rings (SSSR count). The van der Waals surface area contributed by atoms with Crippen molar-refractivity contribution in [2.24, 2.45) is 0 Å². The van der Waals surface area contributed by atoms with Crippen LogP contribution in [0.15, 0.2) is 42.9 Å². The fraction of sp³-hybridized carbons (Fsp3) is 0.316. The van der Waals surface area contributed by atoms with Crippen molar-refractivity contribution in [3.63, 3.8) is 0 Å². The van der Waals surface area contributed by atoms with E-state index in [-0.39, 0.29) is 0 Å². The van der Waals surface area contributed by atoms with Crippen molar-refractivity contribution in [3.05, 3.63) is 52.9 Å². The molecule has 0 amide bonds. The fourth-order valence-corrected chi connectivity index (χ4v) is 3.77. The number of halogens is 2. The lowest BCUT2D eigenvalue weighted by atomic mass is 9.96. The van der Waals surface area contributed by atoms with Gasteiger partial charge in [0.1, 0.15) is 0 Å². The first-order valence-corrected chi connectivity index (χ1v) is 9.55. The van der Waals surface area contributed by atoms with Crippen LogP contribution in [0.4, 0.5) is 5.95 Å². The van der Waals surface area contributed by atoms with Crippen LogP contribution in [0, 0.1) is 0 Å². The predicted octanol–water partition coefficient (Wildman–Crippen LogP) is 5.38. The van der Waals surface area contributed by atoms with E-state index in [1.807, 2.05) is 18.3 Å². The normalized spacial score (nSPS) is 15.2. The summed E-state index contributed by atoms with van der Waals surface area (Å²) < 4.78 is 1.73. The van der Waals surface area contributed by atoms with Crippen LogP contribution in [-0.2, 0) is 0 Å². The van der Waals surface area contributed by atoms with E-state index < -0.39 is 0 Å². The number of hydrogen-bond acceptors (Lipinski definition) is 4. The molecule has 0 radical (unpaired) electrons. The highest BCUT2D eigenvalue weighted by atomic mass is 35.5. The summed E-state index contributed by atoms with van der Waals surface area (Å²) >= 11 is 12.2. The van der Waals surface area contributed by atoms with Crippen LogP contribution in [0.25, 0.3) is 16.9 Å². The monoisotopic (exact) mass is 387 g/mol. The van der Waals surface area contributed by atoms with Crippen LogP contribution in [-0.4, -0.2) is 25.8 Å². The van der Waals surface area contributed by atoms with Crippen molar-refractivity contribution in [3.8, 4) is 16.9 Å². The van der Waals surface area contributed by atoms with Crippen molar-refractivity contribution < 1.29 is 0 Å². The van der Waals surface area contributed by atoms with Gasteiger partial charge in [-0.15, -0.1) is 0 Å². The van der Waals surface area contributed by atoms with E-state index in [9.17, 15) is 0 Å². The van der Waals surface area contributed by atoms with Crippen molar-refractivity contribution in [2.75, 3.05) is 5.32 Å². The molecule has 2 aromatic heterocycles. The third-order valence-corrected chi connectivity index (χ3v) is 5.17. The third kappa shape index (κ3) is 3.84. The summed E-state index contributed by atoms with van der Waals surface area (Å²) in [5.74, 6) is 0.673. The van der Waals surface area contributed by atoms with Crippen LogP contribution in [0.2, 0.25) is 10.0 Å². The number of aromatic nitrogens is 4. The Labute approximate surface area is 162 Å². The Bertz CT molecular complexity index is 902. The van der Waals surface area contributed by atoms with Crippen LogP contribution >= 0.6 is 23.2 Å². The number of nitrogens with one attached hydrogen (secondary N) is 1. The number of anilines is 1. The van der Waals surface area contributed by atoms with E-state index in [0.717, 1.165) is 16.9 Å². The van der Waals surface area contributed by atoms with Crippen molar-refractivity contribution in [2.45, 2.75) is 38.1 Å². The van der Waals surface area contributed by atoms with Gasteiger partial charge in [-0.1, -0.05) is 42.5 Å². The van der Waals surface area contributed by atoms with Gasteiger partial charge in [-0.2, -0.15) is 5.10 Å². The average Bonchev–Trinajstić information content (AvgIpc) is 3.13. The van der Waals surface area contributed by atoms with Gasteiger partial charge in [0.2, 0.25) is 5.95 Å². The van der Waals surface area contributed by atoms with E-state index >= 15 is 0 Å². The number of benzene rings is 1. The summed E-state index contributed by atoms with van der Waals surface area (Å²) in [7, 11) is 0. The van der Waals surface area contributed by atoms with Gasteiger partial charge in [-0.3, -0.25) is 0 Å². The van der Waals surface area contributed by atoms with Gasteiger partial charge in [0.15, 0.2) is 0 Å². The Morgan fingerprint density at radius 1 is 1.08 bits per heavy atom. The molecule has 0 spiro atoms. The summed E-state index contributed by atoms with van der Waals surface area (Å²) in [5, 5.41) is 9.01. The average molecular weight is 388 g/mol. The van der Waals surface area contributed by atoms with E-state index in [0.29, 0.717) is 22.0 Å². The standard InChI is InChI=1S/C19H19Cl2N5/c20-14-6-7-18(16(21)10-14)26-12-13(11-23-26)17-8-9-22-19(25-17)24-15-4-2-1-3-5-15/h6-12,15H,1-5H2,(H,22,24,25). The molecule has 0 bridgehead atoms. The molecule has 26 heavy (non-hydrogen) atoms. The minimum Gasteiger partial charge on any atom is -0.351 e. The Morgan fingerprint density at radius 2 is 1.92 bits per heavy atom. The molecule has 0 atom stereocenters. The number of rotatable bonds is 4. The van der Waals surface area contributed by atoms with Crippen LogP contribution in [0.1, 0.15) is 32.1 Å². The van der Waals surface area contributed by atoms with Gasteiger partial charge in [-0.05, 0) is 37.1 Å². The van der Waals surface area contributed by atoms with Gasteiger partial charge >= 0.3 is 0 Å². The van der Waals surface area contributed by atoms with Crippen LogP contribution < -0.4 is 5.32 Å². The quantitative estimate of drug-likeness (QED) is 0.652. The third-order valence-electron chi connectivity index (χ3n) is 4.63. The van der Waals surface area contributed by atoms with Crippen molar-refractivity contribution in [1.29, 1.82) is 0 Å². The lowest BCUT2D eigenvalue weighted by molar-refractivity contribution is 0.461. The summed E-state index contributed by atoms with van der Waals surface area (Å²) in [6.07, 6.45) is 11.7. The SMILES string of the molecule is Clc1ccc(-n2cc(-c3ccnc(NC4CCCCC4)n3)cn2)c(Cl)c1. The van der Waals surface area contributed by atoms with Gasteiger partial charge in [0.05, 0.1) is 22.6 Å². The topological polar surface area (TPSA) is 55.6 Å². The molecule has 5 nitrogen and oxygen atoms in total. The molecule has 1 aromatic carbocycles. The molecule has 2 heterocycles. The minimum atomic E-state index is 0.467. The molecule has 7 heteroatoms. The second kappa shape index (κ2) is 7.64. The lowest BCUT2D eigenvalue weighted by Gasteiger charge is -2.22. The zero-order valence-electron chi connectivity index (χ0n) is 14.2. The highest BCUT2D eigenvalue weighted by molar-refractivity contribution is 6.35. The second-order valence-electron chi connectivity index (χ2n) is 6.51. The minimum absolute atomic E-state index is 0.467. The Balaban J connectivity index is 1.56. The van der Waals surface area contributed by atoms with Gasteiger partial charge in [-0.25, -0.2) is 14.6 Å². The highest BCUT2D eigenvalue weighted by Crippen LogP contribution is 2.26. The second-order valence-corrected chi connectivity index (χ2v) is 7.36. The van der Waals surface area contributed by atoms with Gasteiger partial charge < -0.3 is 5.32 Å². The molecule has 134 valence electrons. The maximum Gasteiger partial charge on any atom is 0.223 e. The van der Waals surface area contributed by atoms with E-state index in [4.69, 9.17) is 23.2 Å². The van der Waals surface area contributed by atoms with Crippen LogP contribution in [0.3, 0.4) is 0 Å². The number of hydrogen-bond donors (Lipinski definition) is 1. The maximum atomic E-state index is 6.27. The maximum absolute atomic E-state index is 6.27. The first kappa shape index (κ1) is 17.3. The summed E-state index contributed by atoms with van der Waals surface area (Å²) in [6, 6.07) is 7.70. The molecule has 1 fully saturated rings. The largest absolute Gasteiger partial charge is 0.351 e. The van der Waals surface area contributed by atoms with E-state index in [1.54, 1.807) is 29.2 Å². The Morgan fingerprint density at radius 3 is 2.73 bits per heavy atom. The molecule has 0 unspecified atom stereocenters. The molecule has 3 aromatic rings. The molecular formula is C19H19Cl2N5. The number of nitrogens with zero attached hydrogens (tertiary/aromatic N) is 4. The van der Waals surface area contributed by atoms with Crippen molar-refractivity contribution in [1.82, 2.24) is 19.7 Å². The van der Waals surface area contributed by atoms with E-state index in [1.165, 1.54) is 32.1 Å². The molecule has 1 N–H and O–H groups in total. The highest BCUT2D eigenvalue weighted by Gasteiger charge is 2.15. The predicted molar refractivity (Wildman–Crippen MR) is 105 cm³/mol. The summed E-state index contributed by atoms with van der Waals surface area (Å²) in [6.45, 7) is 0. The molecule has 1 aliphatic carbocycles. The first-order chi connectivity index (χ1) is 12.7. The zero-order chi connectivity index (χ0) is 17.9. The first-order valence-electron chi connectivity index (χ1n) is 8.79. The lowest BCUT2D eigenvalue weighted by Crippen LogP contribution is -2.23. The van der Waals surface area contributed by atoms with Crippen molar-refractivity contribution >= 4 is 29.2 Å². The zero-order valence-corrected chi connectivity index (χ0v) is 15.7. The molecule has 1 saturated carbocycles. The smallest absolute Gasteiger partial charge is 0.223 e. The fourth-order valence-electron chi connectivity index (χ4n) is 3.27. The summed E-state index contributed by atoms with van der Waals surface area (Å²) in [4.78, 5) is 9.01. The van der Waals surface area contributed by atoms with E-state index in [2.05, 4.69) is 20.4 Å². The molecule has 0 aliphatic heterocycles. The van der Waals surface area contributed by atoms with Gasteiger partial charge in [0.25, 0.3) is 0 Å². The van der Waals surface area contributed by atoms with Crippen LogP contribution in [0.5, 0.6) is 0 Å². The molecule has 1 aliphatic rings. The Kier molecular flexibility index (Phi) is 5.09. The molecule has 0 saturated heterocycles.